The Balaban J connectivity index is 2.36. The van der Waals surface area contributed by atoms with Crippen molar-refractivity contribution >= 4 is 12.0 Å². The lowest BCUT2D eigenvalue weighted by atomic mass is 9.95. The fourth-order valence-corrected chi connectivity index (χ4v) is 2.08. The minimum Gasteiger partial charge on any atom is -0.399 e. The van der Waals surface area contributed by atoms with Crippen LogP contribution in [0.15, 0.2) is 47.6 Å². The first kappa shape index (κ1) is 14.9. The number of hydrogen-bond acceptors (Lipinski definition) is 3. The van der Waals surface area contributed by atoms with Crippen LogP contribution in [0, 0.1) is 5.82 Å². The molecule has 2 rings (SSSR count). The maximum atomic E-state index is 12.9. The fourth-order valence-electron chi connectivity index (χ4n) is 2.08. The Bertz CT molecular complexity index is 663. The number of carbonyl (C=O) groups excluding carboxylic acids is 1. The number of ketones is 1. The van der Waals surface area contributed by atoms with Crippen LogP contribution in [0.4, 0.5) is 4.39 Å². The summed E-state index contributed by atoms with van der Waals surface area (Å²) < 4.78 is 12.9. The van der Waals surface area contributed by atoms with Crippen LogP contribution in [-0.2, 0) is 11.3 Å². The molecule has 2 aromatic rings. The number of carbonyl (C=O) groups is 1. The van der Waals surface area contributed by atoms with E-state index in [4.69, 9.17) is 0 Å². The predicted octanol–water partition coefficient (Wildman–Crippen LogP) is 3.60. The highest BCUT2D eigenvalue weighted by Gasteiger charge is 2.13. The van der Waals surface area contributed by atoms with Crippen LogP contribution < -0.4 is 0 Å². The van der Waals surface area contributed by atoms with Gasteiger partial charge >= 0.3 is 0 Å². The van der Waals surface area contributed by atoms with Crippen LogP contribution >= 0.6 is 0 Å². The highest BCUT2D eigenvalue weighted by Crippen LogP contribution is 2.17. The van der Waals surface area contributed by atoms with Crippen molar-refractivity contribution in [3.8, 4) is 0 Å². The molecular weight excluding hydrogens is 269 g/mol. The number of aryl methyl sites for hydroxylation is 1. The summed E-state index contributed by atoms with van der Waals surface area (Å²) in [4.78, 5) is 17.1. The van der Waals surface area contributed by atoms with E-state index in [0.29, 0.717) is 11.1 Å². The van der Waals surface area contributed by atoms with Crippen LogP contribution in [0.25, 0.3) is 0 Å². The molecule has 0 saturated carbocycles. The second-order valence-corrected chi connectivity index (χ2v) is 4.52. The second kappa shape index (κ2) is 6.79. The van der Waals surface area contributed by atoms with Crippen molar-refractivity contribution in [3.05, 3.63) is 70.5 Å². The Hall–Kier alpha value is -2.49. The van der Waals surface area contributed by atoms with Gasteiger partial charge in [0.25, 0.3) is 0 Å². The summed E-state index contributed by atoms with van der Waals surface area (Å²) >= 11 is 0. The zero-order valence-electron chi connectivity index (χ0n) is 12.0. The maximum Gasteiger partial charge on any atom is 0.193 e. The molecule has 0 heterocycles. The first-order valence-corrected chi connectivity index (χ1v) is 6.65. The Morgan fingerprint density at radius 3 is 2.57 bits per heavy atom. The lowest BCUT2D eigenvalue weighted by Crippen LogP contribution is -2.06. The lowest BCUT2D eigenvalue weighted by molar-refractivity contribution is 0.103. The molecule has 0 unspecified atom stereocenters. The van der Waals surface area contributed by atoms with E-state index < -0.39 is 0 Å². The van der Waals surface area contributed by atoms with Crippen LogP contribution in [0.1, 0.15) is 34.0 Å². The number of oxime groups is 1. The molecule has 0 fully saturated rings. The molecule has 2 aromatic carbocycles. The third-order valence-electron chi connectivity index (χ3n) is 3.17. The van der Waals surface area contributed by atoms with E-state index >= 15 is 0 Å². The molecule has 0 atom stereocenters. The van der Waals surface area contributed by atoms with Crippen molar-refractivity contribution < 1.29 is 14.0 Å². The molecular formula is C17H16FNO2. The van der Waals surface area contributed by atoms with Crippen molar-refractivity contribution in [3.63, 3.8) is 0 Å². The molecule has 0 aliphatic carbocycles. The van der Waals surface area contributed by atoms with E-state index in [-0.39, 0.29) is 11.6 Å². The summed E-state index contributed by atoms with van der Waals surface area (Å²) in [7, 11) is 1.48. The molecule has 108 valence electrons. The first-order valence-electron chi connectivity index (χ1n) is 6.65. The van der Waals surface area contributed by atoms with Gasteiger partial charge in [-0.3, -0.25) is 4.79 Å². The van der Waals surface area contributed by atoms with E-state index in [1.54, 1.807) is 18.3 Å². The average molecular weight is 285 g/mol. The second-order valence-electron chi connectivity index (χ2n) is 4.52. The average Bonchev–Trinajstić information content (AvgIpc) is 2.52. The zero-order valence-corrected chi connectivity index (χ0v) is 12.0. The Morgan fingerprint density at radius 1 is 1.24 bits per heavy atom. The van der Waals surface area contributed by atoms with Crippen molar-refractivity contribution in [1.29, 1.82) is 0 Å². The van der Waals surface area contributed by atoms with Gasteiger partial charge in [-0.05, 0) is 47.9 Å². The van der Waals surface area contributed by atoms with Crippen molar-refractivity contribution in [2.24, 2.45) is 5.16 Å². The van der Waals surface area contributed by atoms with Gasteiger partial charge in [0.1, 0.15) is 12.9 Å². The predicted molar refractivity (Wildman–Crippen MR) is 80.3 cm³/mol. The van der Waals surface area contributed by atoms with Crippen LogP contribution in [0.2, 0.25) is 0 Å². The van der Waals surface area contributed by atoms with E-state index in [1.807, 2.05) is 13.0 Å². The van der Waals surface area contributed by atoms with Crippen LogP contribution in [-0.4, -0.2) is 19.1 Å². The van der Waals surface area contributed by atoms with E-state index in [0.717, 1.165) is 17.5 Å². The summed E-state index contributed by atoms with van der Waals surface area (Å²) in [5.74, 6) is -0.463. The van der Waals surface area contributed by atoms with Crippen LogP contribution in [0.3, 0.4) is 0 Å². The minimum atomic E-state index is -0.353. The smallest absolute Gasteiger partial charge is 0.193 e. The van der Waals surface area contributed by atoms with Gasteiger partial charge in [-0.2, -0.15) is 0 Å². The molecule has 21 heavy (non-hydrogen) atoms. The van der Waals surface area contributed by atoms with Gasteiger partial charge in [0.15, 0.2) is 5.78 Å². The summed E-state index contributed by atoms with van der Waals surface area (Å²) in [5, 5.41) is 3.71. The molecule has 3 nitrogen and oxygen atoms in total. The molecule has 0 aliphatic heterocycles. The minimum absolute atomic E-state index is 0.109. The van der Waals surface area contributed by atoms with E-state index in [1.165, 1.54) is 31.4 Å². The van der Waals surface area contributed by atoms with Crippen LogP contribution in [0.5, 0.6) is 0 Å². The number of nitrogens with zero attached hydrogens (tertiary/aromatic N) is 1. The van der Waals surface area contributed by atoms with Crippen molar-refractivity contribution in [1.82, 2.24) is 0 Å². The molecule has 0 aromatic heterocycles. The summed E-state index contributed by atoms with van der Waals surface area (Å²) in [6.45, 7) is 1.98. The molecule has 0 aliphatic rings. The Kier molecular flexibility index (Phi) is 4.82. The van der Waals surface area contributed by atoms with Gasteiger partial charge in [0.05, 0.1) is 6.21 Å². The van der Waals surface area contributed by atoms with Gasteiger partial charge in [-0.25, -0.2) is 4.39 Å². The standard InChI is InChI=1S/C17H16FNO2/c1-3-13-10-12(11-19-21-2)4-9-16(13)17(20)14-5-7-15(18)8-6-14/h4-11H,3H2,1-2H3/b19-11+. The Labute approximate surface area is 123 Å². The normalized spacial score (nSPS) is 10.8. The van der Waals surface area contributed by atoms with Crippen molar-refractivity contribution in [2.75, 3.05) is 7.11 Å². The molecule has 0 radical (unpaired) electrons. The summed E-state index contributed by atoms with van der Waals surface area (Å²) in [5.41, 5.74) is 2.89. The summed E-state index contributed by atoms with van der Waals surface area (Å²) in [6.07, 6.45) is 2.31. The molecule has 0 saturated heterocycles. The fraction of sp³-hybridized carbons (Fsp3) is 0.176. The third kappa shape index (κ3) is 3.54. The summed E-state index contributed by atoms with van der Waals surface area (Å²) in [6, 6.07) is 11.0. The SMILES string of the molecule is CCc1cc(/C=N/OC)ccc1C(=O)c1ccc(F)cc1. The van der Waals surface area contributed by atoms with Gasteiger partial charge in [0, 0.05) is 11.1 Å². The number of halogens is 1. The number of benzene rings is 2. The van der Waals surface area contributed by atoms with Crippen molar-refractivity contribution in [2.45, 2.75) is 13.3 Å². The molecule has 0 amide bonds. The number of rotatable bonds is 5. The number of hydrogen-bond donors (Lipinski definition) is 0. The molecule has 0 N–H and O–H groups in total. The highest BCUT2D eigenvalue weighted by atomic mass is 19.1. The lowest BCUT2D eigenvalue weighted by Gasteiger charge is -2.08. The molecule has 0 bridgehead atoms. The molecule has 0 spiro atoms. The zero-order chi connectivity index (χ0) is 15.2. The third-order valence-corrected chi connectivity index (χ3v) is 3.17. The van der Waals surface area contributed by atoms with Gasteiger partial charge in [-0.1, -0.05) is 24.2 Å². The monoisotopic (exact) mass is 285 g/mol. The van der Waals surface area contributed by atoms with Gasteiger partial charge in [-0.15, -0.1) is 0 Å². The first-order chi connectivity index (χ1) is 10.2. The van der Waals surface area contributed by atoms with Gasteiger partial charge in [0.2, 0.25) is 0 Å². The quantitative estimate of drug-likeness (QED) is 0.478. The van der Waals surface area contributed by atoms with Gasteiger partial charge < -0.3 is 4.84 Å². The van der Waals surface area contributed by atoms with E-state index in [9.17, 15) is 9.18 Å². The molecule has 4 heteroatoms. The van der Waals surface area contributed by atoms with E-state index in [2.05, 4.69) is 9.99 Å². The Morgan fingerprint density at radius 2 is 1.95 bits per heavy atom. The topological polar surface area (TPSA) is 38.7 Å². The maximum absolute atomic E-state index is 12.9. The largest absolute Gasteiger partial charge is 0.399 e. The highest BCUT2D eigenvalue weighted by molar-refractivity contribution is 6.10.